The van der Waals surface area contributed by atoms with E-state index in [4.69, 9.17) is 21.3 Å². The van der Waals surface area contributed by atoms with E-state index < -0.39 is 52.9 Å². The molecule has 28 heavy (non-hydrogen) atoms. The summed E-state index contributed by atoms with van der Waals surface area (Å²) < 4.78 is 7.42. The maximum atomic E-state index is 11.0. The number of nitrogens with two attached hydrogens (primary N) is 2. The Bertz CT molecular complexity index is 867. The predicted molar refractivity (Wildman–Crippen MR) is 100 cm³/mol. The summed E-state index contributed by atoms with van der Waals surface area (Å²) in [7, 11) is -0.871. The lowest BCUT2D eigenvalue weighted by atomic mass is 10.1. The second kappa shape index (κ2) is 7.77. The van der Waals surface area contributed by atoms with Crippen LogP contribution < -0.4 is 11.5 Å². The number of imidazole rings is 1. The Kier molecular flexibility index (Phi) is 5.74. The van der Waals surface area contributed by atoms with Crippen LogP contribution in [0.25, 0.3) is 11.2 Å². The maximum absolute atomic E-state index is 11.0. The third-order valence-electron chi connectivity index (χ3n) is 4.83. The summed E-state index contributed by atoms with van der Waals surface area (Å²) in [6.07, 6.45) is 0.620. The van der Waals surface area contributed by atoms with E-state index >= 15 is 0 Å². The average molecular weight is 415 g/mol. The molecule has 1 aliphatic heterocycles. The van der Waals surface area contributed by atoms with Gasteiger partial charge >= 0.3 is 11.0 Å². The topological polar surface area (TPSA) is 203 Å². The quantitative estimate of drug-likeness (QED) is 0.255. The van der Waals surface area contributed by atoms with Crippen molar-refractivity contribution in [2.75, 3.05) is 24.3 Å². The van der Waals surface area contributed by atoms with E-state index in [0.29, 0.717) is 5.52 Å². The molecule has 13 heteroatoms. The van der Waals surface area contributed by atoms with Crippen molar-refractivity contribution in [2.45, 2.75) is 35.8 Å². The lowest BCUT2D eigenvalue weighted by molar-refractivity contribution is -0.138. The lowest BCUT2D eigenvalue weighted by Crippen LogP contribution is -2.52. The number of nitrogen functional groups attached to an aromatic ring is 1. The van der Waals surface area contributed by atoms with Gasteiger partial charge < -0.3 is 36.6 Å². The molecule has 0 amide bonds. The van der Waals surface area contributed by atoms with Crippen LogP contribution >= 0.6 is 0 Å². The van der Waals surface area contributed by atoms with E-state index in [1.807, 2.05) is 0 Å². The molecule has 2 aromatic rings. The Hall–Kier alpha value is -2.03. The molecule has 154 valence electrons. The molecule has 3 heterocycles. The van der Waals surface area contributed by atoms with Gasteiger partial charge in [0.15, 0.2) is 17.6 Å². The Labute approximate surface area is 162 Å². The van der Waals surface area contributed by atoms with Gasteiger partial charge in [-0.25, -0.2) is 19.5 Å². The molecular weight excluding hydrogens is 392 g/mol. The fourth-order valence-electron chi connectivity index (χ4n) is 3.23. The van der Waals surface area contributed by atoms with Crippen molar-refractivity contribution in [1.82, 2.24) is 19.5 Å². The van der Waals surface area contributed by atoms with Gasteiger partial charge in [0.05, 0.1) is 6.61 Å². The Balaban J connectivity index is 2.07. The van der Waals surface area contributed by atoms with E-state index in [-0.39, 0.29) is 23.6 Å². The SMILES string of the molecule is C[S+](CC[C@H](N)C(=O)O)[C@@]1(n2cnc3c(N)ncnc32)O[C@H](CO)[C@@H](O)[C@H]1O. The Morgan fingerprint density at radius 2 is 2.14 bits per heavy atom. The van der Waals surface area contributed by atoms with Crippen molar-refractivity contribution < 1.29 is 30.0 Å². The number of anilines is 1. The molecule has 8 N–H and O–H groups in total. The zero-order valence-corrected chi connectivity index (χ0v) is 15.9. The van der Waals surface area contributed by atoms with E-state index in [1.54, 1.807) is 6.26 Å². The van der Waals surface area contributed by atoms with Crippen LogP contribution in [0.2, 0.25) is 0 Å². The minimum Gasteiger partial charge on any atom is -0.480 e. The highest BCUT2D eigenvalue weighted by atomic mass is 32.2. The smallest absolute Gasteiger partial charge is 0.344 e. The highest BCUT2D eigenvalue weighted by Crippen LogP contribution is 2.42. The third-order valence-corrected chi connectivity index (χ3v) is 7.21. The molecule has 1 saturated heterocycles. The molecule has 0 spiro atoms. The number of hydrogen-bond donors (Lipinski definition) is 6. The summed E-state index contributed by atoms with van der Waals surface area (Å²) in [6, 6.07) is -1.08. The first-order chi connectivity index (χ1) is 13.2. The number of aromatic nitrogens is 4. The van der Waals surface area contributed by atoms with E-state index in [0.717, 1.165) is 0 Å². The van der Waals surface area contributed by atoms with Crippen LogP contribution in [0.5, 0.6) is 0 Å². The number of fused-ring (bicyclic) bond motifs is 1. The van der Waals surface area contributed by atoms with Crippen molar-refractivity contribution >= 4 is 33.8 Å². The summed E-state index contributed by atoms with van der Waals surface area (Å²) >= 11 is 0. The predicted octanol–water partition coefficient (Wildman–Crippen LogP) is -2.82. The van der Waals surface area contributed by atoms with Crippen LogP contribution in [-0.2, 0) is 25.5 Å². The molecule has 1 aliphatic rings. The average Bonchev–Trinajstić information content (AvgIpc) is 3.21. The number of aliphatic hydroxyl groups is 3. The largest absolute Gasteiger partial charge is 0.480 e. The Morgan fingerprint density at radius 1 is 1.43 bits per heavy atom. The monoisotopic (exact) mass is 415 g/mol. The molecule has 2 aromatic heterocycles. The summed E-state index contributed by atoms with van der Waals surface area (Å²) in [5.41, 5.74) is 12.0. The first kappa shape index (κ1) is 20.7. The van der Waals surface area contributed by atoms with Gasteiger partial charge in [0.2, 0.25) is 0 Å². The number of carboxylic acid groups (broad SMARTS) is 1. The minimum absolute atomic E-state index is 0.121. The Morgan fingerprint density at radius 3 is 2.75 bits per heavy atom. The van der Waals surface area contributed by atoms with Crippen molar-refractivity contribution in [3.05, 3.63) is 12.7 Å². The second-order valence-corrected chi connectivity index (χ2v) is 8.79. The van der Waals surface area contributed by atoms with Crippen molar-refractivity contribution in [3.63, 3.8) is 0 Å². The number of aliphatic carboxylic acids is 1. The molecule has 12 nitrogen and oxygen atoms in total. The normalized spacial score (nSPS) is 29.8. The van der Waals surface area contributed by atoms with Crippen LogP contribution in [-0.4, -0.2) is 88.9 Å². The third kappa shape index (κ3) is 3.19. The molecular formula is C15H23N6O6S+. The van der Waals surface area contributed by atoms with Gasteiger partial charge in [-0.3, -0.25) is 4.79 Å². The van der Waals surface area contributed by atoms with Gasteiger partial charge in [0.1, 0.15) is 48.4 Å². The summed E-state index contributed by atoms with van der Waals surface area (Å²) in [5.74, 6) is -0.731. The molecule has 0 radical (unpaired) electrons. The van der Waals surface area contributed by atoms with Crippen molar-refractivity contribution in [2.24, 2.45) is 5.73 Å². The molecule has 0 aromatic carbocycles. The fourth-order valence-corrected chi connectivity index (χ4v) is 5.44. The second-order valence-electron chi connectivity index (χ2n) is 6.53. The highest BCUT2D eigenvalue weighted by Gasteiger charge is 2.65. The van der Waals surface area contributed by atoms with Crippen molar-refractivity contribution in [3.8, 4) is 0 Å². The van der Waals surface area contributed by atoms with E-state index in [9.17, 15) is 20.1 Å². The zero-order chi connectivity index (χ0) is 20.6. The van der Waals surface area contributed by atoms with Gasteiger partial charge in [-0.1, -0.05) is 0 Å². The lowest BCUT2D eigenvalue weighted by Gasteiger charge is -2.31. The number of nitrogens with zero attached hydrogens (tertiary/aromatic N) is 4. The van der Waals surface area contributed by atoms with Crippen LogP contribution in [0.3, 0.4) is 0 Å². The van der Waals surface area contributed by atoms with Crippen LogP contribution in [0, 0.1) is 0 Å². The molecule has 1 fully saturated rings. The first-order valence-corrected chi connectivity index (χ1v) is 10.2. The van der Waals surface area contributed by atoms with Gasteiger partial charge in [0, 0.05) is 17.3 Å². The van der Waals surface area contributed by atoms with E-state index in [2.05, 4.69) is 15.0 Å². The summed E-state index contributed by atoms with van der Waals surface area (Å²) in [4.78, 5) is 23.3. The maximum Gasteiger partial charge on any atom is 0.344 e. The standard InChI is InChI=1S/C15H22N6O6S/c1-28(3-2-7(16)14(25)26)15(11(24)10(23)8(4-22)27-15)21-6-20-9-12(17)18-5-19-13(9)21/h5-8,10-11,22-24H,2-4,16H2,1H3,(H2-,17,18,19,25,26)/p+1/t7-,8+,10+,11+,15-,28?/m0/s1. The number of aliphatic hydroxyl groups excluding tert-OH is 3. The zero-order valence-electron chi connectivity index (χ0n) is 15.0. The molecule has 3 rings (SSSR count). The minimum atomic E-state index is -1.54. The van der Waals surface area contributed by atoms with Crippen LogP contribution in [0.4, 0.5) is 5.82 Å². The molecule has 0 saturated carbocycles. The molecule has 1 unspecified atom stereocenters. The number of ether oxygens (including phenoxy) is 1. The van der Waals surface area contributed by atoms with Gasteiger partial charge in [0.25, 0.3) is 0 Å². The molecule has 0 aliphatic carbocycles. The molecule has 0 bridgehead atoms. The summed E-state index contributed by atoms with van der Waals surface area (Å²) in [6.45, 7) is -0.518. The number of carbonyl (C=O) groups is 1. The number of carboxylic acids is 1. The number of hydrogen-bond acceptors (Lipinski definition) is 10. The number of rotatable bonds is 7. The fraction of sp³-hybridized carbons (Fsp3) is 0.600. The van der Waals surface area contributed by atoms with Gasteiger partial charge in [-0.05, 0) is 0 Å². The van der Waals surface area contributed by atoms with Gasteiger partial charge in [-0.2, -0.15) is 0 Å². The first-order valence-electron chi connectivity index (χ1n) is 8.43. The van der Waals surface area contributed by atoms with Crippen LogP contribution in [0.1, 0.15) is 6.42 Å². The van der Waals surface area contributed by atoms with Crippen molar-refractivity contribution in [1.29, 1.82) is 0 Å². The summed E-state index contributed by atoms with van der Waals surface area (Å²) in [5, 5.41) is 38.3. The molecule has 6 atom stereocenters. The highest BCUT2D eigenvalue weighted by molar-refractivity contribution is 7.96. The van der Waals surface area contributed by atoms with Crippen LogP contribution in [0.15, 0.2) is 12.7 Å². The van der Waals surface area contributed by atoms with Gasteiger partial charge in [-0.15, -0.1) is 0 Å². The van der Waals surface area contributed by atoms with E-state index in [1.165, 1.54) is 17.2 Å².